The largest absolute Gasteiger partial charge is 0.425 e. The van der Waals surface area contributed by atoms with Gasteiger partial charge >= 0.3 is 5.97 Å². The summed E-state index contributed by atoms with van der Waals surface area (Å²) < 4.78 is 5.91. The molecule has 1 N–H and O–H groups in total. The van der Waals surface area contributed by atoms with Crippen LogP contribution < -0.4 is 10.3 Å². The predicted molar refractivity (Wildman–Crippen MR) is 100 cm³/mol. The zero-order valence-corrected chi connectivity index (χ0v) is 15.4. The van der Waals surface area contributed by atoms with Gasteiger partial charge in [0.1, 0.15) is 11.6 Å². The van der Waals surface area contributed by atoms with E-state index >= 15 is 0 Å². The third kappa shape index (κ3) is 4.46. The molecule has 128 valence electrons. The maximum absolute atomic E-state index is 12.0. The van der Waals surface area contributed by atoms with E-state index in [4.69, 9.17) is 16.3 Å². The number of carbonyl (C=O) groups excluding carboxylic acids is 1. The molecule has 3 rings (SSSR count). The molecule has 0 aliphatic heterocycles. The number of rotatable bonds is 5. The number of fused-ring (bicyclic) bond motifs is 1. The van der Waals surface area contributed by atoms with Gasteiger partial charge in [-0.3, -0.25) is 9.59 Å². The Hall–Kier alpha value is -2.18. The molecule has 0 radical (unpaired) electrons. The molecule has 0 unspecified atom stereocenters. The van der Waals surface area contributed by atoms with Crippen molar-refractivity contribution in [1.29, 1.82) is 0 Å². The van der Waals surface area contributed by atoms with E-state index in [9.17, 15) is 9.59 Å². The van der Waals surface area contributed by atoms with Crippen LogP contribution in [-0.2, 0) is 11.2 Å². The number of hydrogen-bond acceptors (Lipinski definition) is 4. The molecule has 7 heteroatoms. The van der Waals surface area contributed by atoms with Crippen molar-refractivity contribution in [3.63, 3.8) is 0 Å². The van der Waals surface area contributed by atoms with E-state index in [1.807, 2.05) is 6.07 Å². The molecule has 0 aliphatic rings. The monoisotopic (exact) mass is 420 g/mol. The van der Waals surface area contributed by atoms with E-state index in [-0.39, 0.29) is 17.9 Å². The van der Waals surface area contributed by atoms with Crippen LogP contribution in [0.4, 0.5) is 0 Å². The Morgan fingerprint density at radius 1 is 1.24 bits per heavy atom. The lowest BCUT2D eigenvalue weighted by atomic mass is 10.2. The molecule has 0 aliphatic carbocycles. The Balaban J connectivity index is 1.59. The molecule has 1 heterocycles. The number of carbonyl (C=O) groups is 1. The van der Waals surface area contributed by atoms with Gasteiger partial charge in [-0.15, -0.1) is 0 Å². The van der Waals surface area contributed by atoms with Gasteiger partial charge in [0.15, 0.2) is 0 Å². The lowest BCUT2D eigenvalue weighted by molar-refractivity contribution is -0.134. The van der Waals surface area contributed by atoms with Crippen molar-refractivity contribution in [2.75, 3.05) is 0 Å². The fourth-order valence-electron chi connectivity index (χ4n) is 2.39. The number of aromatic nitrogens is 2. The van der Waals surface area contributed by atoms with Gasteiger partial charge in [-0.1, -0.05) is 23.7 Å². The third-order valence-electron chi connectivity index (χ3n) is 3.57. The lowest BCUT2D eigenvalue weighted by Gasteiger charge is -2.07. The highest BCUT2D eigenvalue weighted by Gasteiger charge is 2.10. The predicted octanol–water partition coefficient (Wildman–Crippen LogP) is 4.27. The zero-order valence-electron chi connectivity index (χ0n) is 13.1. The summed E-state index contributed by atoms with van der Waals surface area (Å²) in [7, 11) is 0. The summed E-state index contributed by atoms with van der Waals surface area (Å²) in [6, 6.07) is 12.1. The zero-order chi connectivity index (χ0) is 17.8. The molecule has 0 spiro atoms. The Kier molecular flexibility index (Phi) is 5.50. The van der Waals surface area contributed by atoms with Crippen LogP contribution in [0.5, 0.6) is 5.75 Å². The molecule has 0 fully saturated rings. The minimum Gasteiger partial charge on any atom is -0.425 e. The van der Waals surface area contributed by atoms with Crippen molar-refractivity contribution in [2.45, 2.75) is 19.3 Å². The van der Waals surface area contributed by atoms with Gasteiger partial charge in [0.2, 0.25) is 0 Å². The molecular formula is C18H14BrClN2O3. The number of esters is 1. The van der Waals surface area contributed by atoms with E-state index in [0.29, 0.717) is 44.8 Å². The number of ether oxygens (including phenoxy) is 1. The summed E-state index contributed by atoms with van der Waals surface area (Å²) in [5, 5.41) is 1.11. The summed E-state index contributed by atoms with van der Waals surface area (Å²) in [5.41, 5.74) is 0.474. The highest BCUT2D eigenvalue weighted by atomic mass is 79.9. The van der Waals surface area contributed by atoms with Crippen molar-refractivity contribution in [3.8, 4) is 5.75 Å². The molecule has 0 saturated heterocycles. The quantitative estimate of drug-likeness (QED) is 0.493. The van der Waals surface area contributed by atoms with Crippen LogP contribution in [0.1, 0.15) is 18.7 Å². The number of halogens is 2. The second-order valence-corrected chi connectivity index (χ2v) is 6.72. The van der Waals surface area contributed by atoms with E-state index in [1.54, 1.807) is 36.4 Å². The van der Waals surface area contributed by atoms with Crippen LogP contribution >= 0.6 is 27.5 Å². The van der Waals surface area contributed by atoms with Crippen molar-refractivity contribution < 1.29 is 9.53 Å². The first-order chi connectivity index (χ1) is 12.0. The second-order valence-electron chi connectivity index (χ2n) is 5.43. The van der Waals surface area contributed by atoms with Crippen molar-refractivity contribution in [3.05, 3.63) is 68.1 Å². The fraction of sp³-hybridized carbons (Fsp3) is 0.167. The molecule has 3 aromatic rings. The Morgan fingerprint density at radius 3 is 2.84 bits per heavy atom. The topological polar surface area (TPSA) is 72.0 Å². The summed E-state index contributed by atoms with van der Waals surface area (Å²) >= 11 is 9.15. The van der Waals surface area contributed by atoms with Gasteiger partial charge in [-0.2, -0.15) is 0 Å². The molecule has 1 aromatic heterocycles. The standard InChI is InChI=1S/C18H14BrClN2O3/c19-13-10-11(20)8-9-15(13)25-17(23)7-3-6-16-21-14-5-2-1-4-12(14)18(24)22-16/h1-2,4-5,8-10H,3,6-7H2,(H,21,22,24). The molecule has 25 heavy (non-hydrogen) atoms. The first kappa shape index (κ1) is 17.6. The summed E-state index contributed by atoms with van der Waals surface area (Å²) in [6.45, 7) is 0. The third-order valence-corrected chi connectivity index (χ3v) is 4.43. The Morgan fingerprint density at radius 2 is 2.04 bits per heavy atom. The molecule has 5 nitrogen and oxygen atoms in total. The average Bonchev–Trinajstić information content (AvgIpc) is 2.57. The van der Waals surface area contributed by atoms with Crippen LogP contribution in [0, 0.1) is 0 Å². The van der Waals surface area contributed by atoms with Gasteiger partial charge in [-0.25, -0.2) is 4.98 Å². The number of benzene rings is 2. The van der Waals surface area contributed by atoms with Crippen LogP contribution in [0.25, 0.3) is 10.9 Å². The first-order valence-electron chi connectivity index (χ1n) is 7.66. The van der Waals surface area contributed by atoms with Crippen LogP contribution in [-0.4, -0.2) is 15.9 Å². The molecular weight excluding hydrogens is 408 g/mol. The summed E-state index contributed by atoms with van der Waals surface area (Å²) in [5.74, 6) is 0.627. The highest BCUT2D eigenvalue weighted by molar-refractivity contribution is 9.10. The van der Waals surface area contributed by atoms with Gasteiger partial charge in [0.25, 0.3) is 5.56 Å². The highest BCUT2D eigenvalue weighted by Crippen LogP contribution is 2.28. The number of nitrogens with one attached hydrogen (secondary N) is 1. The van der Waals surface area contributed by atoms with Gasteiger partial charge in [0, 0.05) is 17.9 Å². The van der Waals surface area contributed by atoms with E-state index < -0.39 is 0 Å². The van der Waals surface area contributed by atoms with E-state index in [1.165, 1.54) is 0 Å². The number of H-pyrrole nitrogens is 1. The molecule has 0 atom stereocenters. The maximum atomic E-state index is 12.0. The first-order valence-corrected chi connectivity index (χ1v) is 8.84. The van der Waals surface area contributed by atoms with Gasteiger partial charge in [-0.05, 0) is 52.7 Å². The summed E-state index contributed by atoms with van der Waals surface area (Å²) in [6.07, 6.45) is 1.22. The van der Waals surface area contributed by atoms with Crippen molar-refractivity contribution >= 4 is 44.4 Å². The SMILES string of the molecule is O=C(CCCc1nc2ccccc2c(=O)[nH]1)Oc1ccc(Cl)cc1Br. The number of hydrogen-bond donors (Lipinski definition) is 1. The Bertz CT molecular complexity index is 987. The minimum absolute atomic E-state index is 0.173. The fourth-order valence-corrected chi connectivity index (χ4v) is 3.15. The molecule has 0 saturated carbocycles. The Labute approximate surface area is 157 Å². The van der Waals surface area contributed by atoms with Gasteiger partial charge < -0.3 is 9.72 Å². The van der Waals surface area contributed by atoms with Crippen LogP contribution in [0.15, 0.2) is 51.7 Å². The second kappa shape index (κ2) is 7.80. The van der Waals surface area contributed by atoms with Gasteiger partial charge in [0.05, 0.1) is 15.4 Å². The number of para-hydroxylation sites is 1. The molecule has 0 amide bonds. The van der Waals surface area contributed by atoms with E-state index in [0.717, 1.165) is 0 Å². The van der Waals surface area contributed by atoms with Crippen molar-refractivity contribution in [1.82, 2.24) is 9.97 Å². The average molecular weight is 422 g/mol. The normalized spacial score (nSPS) is 10.8. The smallest absolute Gasteiger partial charge is 0.311 e. The number of aromatic amines is 1. The molecule has 0 bridgehead atoms. The number of aryl methyl sites for hydroxylation is 1. The minimum atomic E-state index is -0.355. The van der Waals surface area contributed by atoms with Crippen molar-refractivity contribution in [2.24, 2.45) is 0 Å². The van der Waals surface area contributed by atoms with Crippen LogP contribution in [0.2, 0.25) is 5.02 Å². The summed E-state index contributed by atoms with van der Waals surface area (Å²) in [4.78, 5) is 31.1. The molecule has 2 aromatic carbocycles. The maximum Gasteiger partial charge on any atom is 0.311 e. The number of nitrogens with zero attached hydrogens (tertiary/aromatic N) is 1. The lowest BCUT2D eigenvalue weighted by Crippen LogP contribution is -2.13. The van der Waals surface area contributed by atoms with E-state index in [2.05, 4.69) is 25.9 Å². The van der Waals surface area contributed by atoms with Crippen LogP contribution in [0.3, 0.4) is 0 Å².